The van der Waals surface area contributed by atoms with Crippen LogP contribution in [0.2, 0.25) is 10.0 Å². The highest BCUT2D eigenvalue weighted by Crippen LogP contribution is 2.29. The van der Waals surface area contributed by atoms with Crippen LogP contribution in [0, 0.1) is 0 Å². The number of hydrogen-bond acceptors (Lipinski definition) is 4. The molecule has 0 aliphatic heterocycles. The molecular weight excluding hydrogens is 297 g/mol. The molecule has 1 atom stereocenters. The van der Waals surface area contributed by atoms with E-state index in [9.17, 15) is 0 Å². The van der Waals surface area contributed by atoms with Gasteiger partial charge in [-0.15, -0.1) is 0 Å². The fourth-order valence-electron chi connectivity index (χ4n) is 1.92. The van der Waals surface area contributed by atoms with Gasteiger partial charge >= 0.3 is 0 Å². The summed E-state index contributed by atoms with van der Waals surface area (Å²) in [6, 6.07) is 8.93. The predicted octanol–water partition coefficient (Wildman–Crippen LogP) is 3.34. The maximum atomic E-state index is 6.18. The highest BCUT2D eigenvalue weighted by Gasteiger charge is 2.18. The van der Waals surface area contributed by atoms with Crippen LogP contribution in [-0.4, -0.2) is 11.6 Å². The first-order valence-electron chi connectivity index (χ1n) is 6.15. The monoisotopic (exact) mass is 311 g/mol. The van der Waals surface area contributed by atoms with Crippen molar-refractivity contribution in [2.75, 3.05) is 6.61 Å². The van der Waals surface area contributed by atoms with E-state index in [0.29, 0.717) is 22.3 Å². The second-order valence-corrected chi connectivity index (χ2v) is 4.97. The van der Waals surface area contributed by atoms with Crippen molar-refractivity contribution in [1.29, 1.82) is 0 Å². The standard InChI is InChI=1S/C14H15Cl2N3O/c1-2-20-11-5-3-4-9(6-11)13(19-17)14-12(16)7-10(15)8-18-14/h3-8,13,19H,2,17H2,1H3. The van der Waals surface area contributed by atoms with Crippen LogP contribution in [0.15, 0.2) is 36.5 Å². The highest BCUT2D eigenvalue weighted by molar-refractivity contribution is 6.34. The Kier molecular flexibility index (Phi) is 5.20. The third-order valence-electron chi connectivity index (χ3n) is 2.78. The fourth-order valence-corrected chi connectivity index (χ4v) is 2.41. The van der Waals surface area contributed by atoms with Crippen LogP contribution in [0.1, 0.15) is 24.2 Å². The Labute approximate surface area is 127 Å². The minimum absolute atomic E-state index is 0.333. The molecule has 2 aromatic rings. The number of pyridine rings is 1. The lowest BCUT2D eigenvalue weighted by Crippen LogP contribution is -2.29. The first kappa shape index (κ1) is 15.1. The Bertz CT molecular complexity index is 592. The molecule has 6 heteroatoms. The number of halogens is 2. The molecule has 3 N–H and O–H groups in total. The van der Waals surface area contributed by atoms with Crippen LogP contribution in [0.5, 0.6) is 5.75 Å². The Morgan fingerprint density at radius 1 is 1.35 bits per heavy atom. The van der Waals surface area contributed by atoms with E-state index in [1.807, 2.05) is 31.2 Å². The van der Waals surface area contributed by atoms with E-state index >= 15 is 0 Å². The lowest BCUT2D eigenvalue weighted by atomic mass is 10.0. The SMILES string of the molecule is CCOc1cccc(C(NN)c2ncc(Cl)cc2Cl)c1. The highest BCUT2D eigenvalue weighted by atomic mass is 35.5. The number of aromatic nitrogens is 1. The minimum atomic E-state index is -0.333. The summed E-state index contributed by atoms with van der Waals surface area (Å²) in [5.74, 6) is 6.42. The molecule has 0 saturated carbocycles. The molecule has 0 spiro atoms. The number of nitrogens with one attached hydrogen (secondary N) is 1. The number of hydrogen-bond donors (Lipinski definition) is 2. The molecule has 0 aliphatic carbocycles. The number of rotatable bonds is 5. The van der Waals surface area contributed by atoms with Crippen molar-refractivity contribution in [2.45, 2.75) is 13.0 Å². The Hall–Kier alpha value is -1.33. The van der Waals surface area contributed by atoms with E-state index in [-0.39, 0.29) is 6.04 Å². The Balaban J connectivity index is 2.38. The largest absolute Gasteiger partial charge is 0.494 e. The molecular formula is C14H15Cl2N3O. The summed E-state index contributed by atoms with van der Waals surface area (Å²) in [5.41, 5.74) is 4.25. The van der Waals surface area contributed by atoms with Crippen molar-refractivity contribution in [1.82, 2.24) is 10.4 Å². The van der Waals surface area contributed by atoms with Crippen LogP contribution in [0.4, 0.5) is 0 Å². The van der Waals surface area contributed by atoms with Gasteiger partial charge in [-0.25, -0.2) is 5.43 Å². The molecule has 1 aromatic carbocycles. The minimum Gasteiger partial charge on any atom is -0.494 e. The van der Waals surface area contributed by atoms with Crippen molar-refractivity contribution in [3.63, 3.8) is 0 Å². The zero-order valence-corrected chi connectivity index (χ0v) is 12.4. The summed E-state index contributed by atoms with van der Waals surface area (Å²) in [4.78, 5) is 4.25. The lowest BCUT2D eigenvalue weighted by Gasteiger charge is -2.18. The lowest BCUT2D eigenvalue weighted by molar-refractivity contribution is 0.339. The van der Waals surface area contributed by atoms with Gasteiger partial charge in [0.15, 0.2) is 0 Å². The van der Waals surface area contributed by atoms with Crippen LogP contribution in [0.3, 0.4) is 0 Å². The van der Waals surface area contributed by atoms with E-state index in [0.717, 1.165) is 11.3 Å². The molecule has 2 rings (SSSR count). The molecule has 0 aliphatic rings. The molecule has 0 bridgehead atoms. The fraction of sp³-hybridized carbons (Fsp3) is 0.214. The van der Waals surface area contributed by atoms with Gasteiger partial charge in [-0.3, -0.25) is 10.8 Å². The van der Waals surface area contributed by atoms with E-state index in [4.69, 9.17) is 33.8 Å². The zero-order valence-electron chi connectivity index (χ0n) is 10.9. The molecule has 1 heterocycles. The normalized spacial score (nSPS) is 12.2. The van der Waals surface area contributed by atoms with E-state index < -0.39 is 0 Å². The average molecular weight is 312 g/mol. The Morgan fingerprint density at radius 3 is 2.80 bits per heavy atom. The average Bonchev–Trinajstić information content (AvgIpc) is 2.43. The second kappa shape index (κ2) is 6.90. The van der Waals surface area contributed by atoms with Gasteiger partial charge in [-0.1, -0.05) is 35.3 Å². The van der Waals surface area contributed by atoms with Crippen LogP contribution >= 0.6 is 23.2 Å². The first-order valence-corrected chi connectivity index (χ1v) is 6.91. The molecule has 1 aromatic heterocycles. The zero-order chi connectivity index (χ0) is 14.5. The number of ether oxygens (including phenoxy) is 1. The summed E-state index contributed by atoms with van der Waals surface area (Å²) in [6.45, 7) is 2.53. The number of nitrogens with zero attached hydrogens (tertiary/aromatic N) is 1. The van der Waals surface area contributed by atoms with Gasteiger partial charge in [0, 0.05) is 6.20 Å². The van der Waals surface area contributed by atoms with Gasteiger partial charge < -0.3 is 4.74 Å². The van der Waals surface area contributed by atoms with Crippen molar-refractivity contribution in [3.05, 3.63) is 57.8 Å². The first-order chi connectivity index (χ1) is 9.65. The molecule has 1 unspecified atom stereocenters. The van der Waals surface area contributed by atoms with Crippen LogP contribution in [0.25, 0.3) is 0 Å². The third kappa shape index (κ3) is 3.41. The van der Waals surface area contributed by atoms with Gasteiger partial charge in [0.25, 0.3) is 0 Å². The predicted molar refractivity (Wildman–Crippen MR) is 81.0 cm³/mol. The van der Waals surface area contributed by atoms with E-state index in [1.165, 1.54) is 0 Å². The van der Waals surface area contributed by atoms with Gasteiger partial charge in [0.2, 0.25) is 0 Å². The Morgan fingerprint density at radius 2 is 2.15 bits per heavy atom. The number of nitrogens with two attached hydrogens (primary N) is 1. The summed E-state index contributed by atoms with van der Waals surface area (Å²) < 4.78 is 5.48. The summed E-state index contributed by atoms with van der Waals surface area (Å²) in [5, 5.41) is 0.944. The van der Waals surface area contributed by atoms with Gasteiger partial charge in [0.1, 0.15) is 5.75 Å². The topological polar surface area (TPSA) is 60.2 Å². The molecule has 106 valence electrons. The van der Waals surface area contributed by atoms with E-state index in [2.05, 4.69) is 10.4 Å². The van der Waals surface area contributed by atoms with Crippen molar-refractivity contribution in [2.24, 2.45) is 5.84 Å². The molecule has 0 saturated heterocycles. The smallest absolute Gasteiger partial charge is 0.119 e. The maximum absolute atomic E-state index is 6.18. The molecule has 0 radical (unpaired) electrons. The quantitative estimate of drug-likeness (QED) is 0.657. The van der Waals surface area contributed by atoms with Crippen molar-refractivity contribution < 1.29 is 4.74 Å². The van der Waals surface area contributed by atoms with Gasteiger partial charge in [-0.05, 0) is 30.7 Å². The van der Waals surface area contributed by atoms with Crippen LogP contribution in [-0.2, 0) is 0 Å². The van der Waals surface area contributed by atoms with Crippen molar-refractivity contribution in [3.8, 4) is 5.75 Å². The summed E-state index contributed by atoms with van der Waals surface area (Å²) in [7, 11) is 0. The molecule has 4 nitrogen and oxygen atoms in total. The number of hydrazine groups is 1. The summed E-state index contributed by atoms with van der Waals surface area (Å²) in [6.07, 6.45) is 1.54. The summed E-state index contributed by atoms with van der Waals surface area (Å²) >= 11 is 12.0. The molecule has 0 fully saturated rings. The van der Waals surface area contributed by atoms with Crippen LogP contribution < -0.4 is 16.0 Å². The number of benzene rings is 1. The molecule has 20 heavy (non-hydrogen) atoms. The van der Waals surface area contributed by atoms with Gasteiger partial charge in [-0.2, -0.15) is 0 Å². The van der Waals surface area contributed by atoms with E-state index in [1.54, 1.807) is 12.3 Å². The third-order valence-corrected chi connectivity index (χ3v) is 3.29. The van der Waals surface area contributed by atoms with Crippen molar-refractivity contribution >= 4 is 23.2 Å². The van der Waals surface area contributed by atoms with Gasteiger partial charge in [0.05, 0.1) is 28.4 Å². The molecule has 0 amide bonds. The second-order valence-electron chi connectivity index (χ2n) is 4.13. The maximum Gasteiger partial charge on any atom is 0.119 e.